The predicted octanol–water partition coefficient (Wildman–Crippen LogP) is 13.3. The minimum Gasteiger partial charge on any atom is -0.335 e. The summed E-state index contributed by atoms with van der Waals surface area (Å²) in [6, 6.07) is 55.8. The Labute approximate surface area is 357 Å². The van der Waals surface area contributed by atoms with Gasteiger partial charge in [-0.05, 0) is 124 Å². The van der Waals surface area contributed by atoms with E-state index in [1.807, 2.05) is 0 Å². The molecule has 0 saturated heterocycles. The summed E-state index contributed by atoms with van der Waals surface area (Å²) in [4.78, 5) is 7.87. The van der Waals surface area contributed by atoms with Gasteiger partial charge in [0.1, 0.15) is 0 Å². The van der Waals surface area contributed by atoms with Gasteiger partial charge < -0.3 is 14.7 Å². The van der Waals surface area contributed by atoms with Crippen molar-refractivity contribution in [3.05, 3.63) is 162 Å². The monoisotopic (exact) mass is 781 g/mol. The van der Waals surface area contributed by atoms with E-state index < -0.39 is 0 Å². The Bertz CT molecular complexity index is 2850. The summed E-state index contributed by atoms with van der Waals surface area (Å²) in [5, 5.41) is 2.56. The number of rotatable bonds is 4. The van der Waals surface area contributed by atoms with Crippen LogP contribution >= 0.6 is 0 Å². The standard InChI is InChI=1S/C56H56BN3/c1-53(2,3)37-26-28-39(29-27-37)58(47-33-31-43(54(4,5)6)41-20-12-13-21-42(41)47)40-30-32-45-50(36-40)59(38-18-10-9-11-19-38)48-24-17-25-49-51(48)57(45)46-23-16-22-44-52(46)60(49)56(8)35-15-14-34-55(44,56)7/h9-13,16-33,36H,14-15,34-35H2,1-8H3. The quantitative estimate of drug-likeness (QED) is 0.165. The van der Waals surface area contributed by atoms with Crippen molar-refractivity contribution in [1.82, 2.24) is 0 Å². The fraction of sp³-hybridized carbons (Fsp3) is 0.286. The maximum Gasteiger partial charge on any atom is 0.252 e. The summed E-state index contributed by atoms with van der Waals surface area (Å²) in [5.41, 5.74) is 18.7. The molecule has 0 aromatic heterocycles. The molecule has 0 amide bonds. The Kier molecular flexibility index (Phi) is 8.01. The van der Waals surface area contributed by atoms with Crippen LogP contribution in [0.2, 0.25) is 0 Å². The number of benzene rings is 7. The molecule has 4 aliphatic rings. The van der Waals surface area contributed by atoms with Crippen molar-refractivity contribution in [3.8, 4) is 0 Å². The van der Waals surface area contributed by atoms with Crippen molar-refractivity contribution < 1.29 is 0 Å². The molecule has 0 bridgehead atoms. The van der Waals surface area contributed by atoms with Crippen LogP contribution in [-0.4, -0.2) is 12.3 Å². The zero-order valence-corrected chi connectivity index (χ0v) is 36.6. The van der Waals surface area contributed by atoms with E-state index >= 15 is 0 Å². The highest BCUT2D eigenvalue weighted by Gasteiger charge is 2.61. The average molecular weight is 782 g/mol. The third kappa shape index (κ3) is 5.15. The van der Waals surface area contributed by atoms with Crippen molar-refractivity contribution in [2.24, 2.45) is 0 Å². The van der Waals surface area contributed by atoms with Crippen LogP contribution in [0.25, 0.3) is 10.8 Å². The van der Waals surface area contributed by atoms with Gasteiger partial charge in [-0.2, -0.15) is 0 Å². The summed E-state index contributed by atoms with van der Waals surface area (Å²) in [6.07, 6.45) is 4.99. The number of para-hydroxylation sites is 2. The Hall–Kier alpha value is -5.74. The minimum atomic E-state index is 0.00534. The second-order valence-electron chi connectivity index (χ2n) is 20.5. The Morgan fingerprint density at radius 1 is 0.567 bits per heavy atom. The molecule has 4 heteroatoms. The molecule has 0 radical (unpaired) electrons. The second-order valence-corrected chi connectivity index (χ2v) is 20.5. The second kappa shape index (κ2) is 12.9. The van der Waals surface area contributed by atoms with Gasteiger partial charge in [-0.3, -0.25) is 0 Å². The maximum absolute atomic E-state index is 2.81. The largest absolute Gasteiger partial charge is 0.335 e. The number of anilines is 8. The van der Waals surface area contributed by atoms with Crippen molar-refractivity contribution in [2.75, 3.05) is 14.7 Å². The van der Waals surface area contributed by atoms with Gasteiger partial charge in [-0.25, -0.2) is 0 Å². The van der Waals surface area contributed by atoms with Crippen LogP contribution < -0.4 is 31.1 Å². The van der Waals surface area contributed by atoms with Crippen LogP contribution in [0, 0.1) is 0 Å². The third-order valence-corrected chi connectivity index (χ3v) is 15.1. The first-order valence-electron chi connectivity index (χ1n) is 22.3. The van der Waals surface area contributed by atoms with Gasteiger partial charge in [0.15, 0.2) is 0 Å². The number of hydrogen-bond acceptors (Lipinski definition) is 3. The lowest BCUT2D eigenvalue weighted by atomic mass is 9.33. The molecule has 11 rings (SSSR count). The molecule has 3 heterocycles. The van der Waals surface area contributed by atoms with E-state index in [0.717, 1.165) is 11.4 Å². The molecular formula is C56H56BN3. The highest BCUT2D eigenvalue weighted by atomic mass is 15.3. The van der Waals surface area contributed by atoms with Crippen LogP contribution in [0.15, 0.2) is 146 Å². The average Bonchev–Trinajstić information content (AvgIpc) is 3.46. The number of hydrogen-bond donors (Lipinski definition) is 0. The summed E-state index contributed by atoms with van der Waals surface area (Å²) >= 11 is 0. The summed E-state index contributed by atoms with van der Waals surface area (Å²) < 4.78 is 0. The molecule has 2 unspecified atom stereocenters. The van der Waals surface area contributed by atoms with Gasteiger partial charge in [-0.1, -0.05) is 152 Å². The molecular weight excluding hydrogens is 725 g/mol. The Morgan fingerprint density at radius 2 is 1.25 bits per heavy atom. The molecule has 3 aliphatic heterocycles. The smallest absolute Gasteiger partial charge is 0.252 e. The van der Waals surface area contributed by atoms with E-state index in [1.54, 1.807) is 0 Å². The lowest BCUT2D eigenvalue weighted by Crippen LogP contribution is -2.64. The Balaban J connectivity index is 1.18. The third-order valence-electron chi connectivity index (χ3n) is 15.1. The number of fused-ring (bicyclic) bond motifs is 8. The zero-order chi connectivity index (χ0) is 41.3. The first-order chi connectivity index (χ1) is 28.8. The van der Waals surface area contributed by atoms with Gasteiger partial charge in [0.05, 0.1) is 11.2 Å². The predicted molar refractivity (Wildman–Crippen MR) is 258 cm³/mol. The summed E-state index contributed by atoms with van der Waals surface area (Å²) in [6.45, 7) is 19.1. The number of nitrogens with zero attached hydrogens (tertiary/aromatic N) is 3. The molecule has 2 atom stereocenters. The van der Waals surface area contributed by atoms with Crippen LogP contribution in [-0.2, 0) is 16.2 Å². The van der Waals surface area contributed by atoms with Crippen LogP contribution in [0.3, 0.4) is 0 Å². The normalized spacial score (nSPS) is 20.1. The van der Waals surface area contributed by atoms with E-state index in [9.17, 15) is 0 Å². The topological polar surface area (TPSA) is 9.72 Å². The molecule has 1 aliphatic carbocycles. The van der Waals surface area contributed by atoms with E-state index in [1.165, 1.54) is 104 Å². The lowest BCUT2D eigenvalue weighted by Gasteiger charge is -2.52. The minimum absolute atomic E-state index is 0.00534. The highest BCUT2D eigenvalue weighted by molar-refractivity contribution is 7.00. The van der Waals surface area contributed by atoms with Crippen LogP contribution in [0.4, 0.5) is 45.5 Å². The van der Waals surface area contributed by atoms with Gasteiger partial charge >= 0.3 is 0 Å². The van der Waals surface area contributed by atoms with Gasteiger partial charge in [0.25, 0.3) is 6.71 Å². The van der Waals surface area contributed by atoms with Gasteiger partial charge in [-0.15, -0.1) is 0 Å². The van der Waals surface area contributed by atoms with Gasteiger partial charge in [0.2, 0.25) is 0 Å². The van der Waals surface area contributed by atoms with Crippen LogP contribution in [0.1, 0.15) is 97.8 Å². The molecule has 7 aromatic carbocycles. The Morgan fingerprint density at radius 3 is 2.00 bits per heavy atom. The van der Waals surface area contributed by atoms with Crippen molar-refractivity contribution in [1.29, 1.82) is 0 Å². The summed E-state index contributed by atoms with van der Waals surface area (Å²) in [7, 11) is 0. The van der Waals surface area contributed by atoms with Crippen molar-refractivity contribution >= 4 is 79.4 Å². The molecule has 1 saturated carbocycles. The molecule has 298 valence electrons. The molecule has 0 N–H and O–H groups in total. The molecule has 60 heavy (non-hydrogen) atoms. The van der Waals surface area contributed by atoms with E-state index in [4.69, 9.17) is 0 Å². The lowest BCUT2D eigenvalue weighted by molar-refractivity contribution is 0.195. The van der Waals surface area contributed by atoms with E-state index in [0.29, 0.717) is 0 Å². The van der Waals surface area contributed by atoms with Crippen molar-refractivity contribution in [3.63, 3.8) is 0 Å². The van der Waals surface area contributed by atoms with Crippen LogP contribution in [0.5, 0.6) is 0 Å². The molecule has 7 aromatic rings. The first kappa shape index (κ1) is 37.3. The highest BCUT2D eigenvalue weighted by Crippen LogP contribution is 2.61. The van der Waals surface area contributed by atoms with Gasteiger partial charge in [0, 0.05) is 50.6 Å². The fourth-order valence-electron chi connectivity index (χ4n) is 11.9. The first-order valence-corrected chi connectivity index (χ1v) is 22.3. The molecule has 0 spiro atoms. The zero-order valence-electron chi connectivity index (χ0n) is 36.6. The maximum atomic E-state index is 2.81. The fourth-order valence-corrected chi connectivity index (χ4v) is 11.9. The van der Waals surface area contributed by atoms with E-state index in [-0.39, 0.29) is 28.5 Å². The van der Waals surface area contributed by atoms with E-state index in [2.05, 4.69) is 216 Å². The van der Waals surface area contributed by atoms with Crippen molar-refractivity contribution in [2.45, 2.75) is 103 Å². The molecule has 1 fully saturated rings. The molecule has 3 nitrogen and oxygen atoms in total. The SMILES string of the molecule is CC(C)(C)c1ccc(N(c2ccc3c(c2)N(c2ccccc2)c2cccc4c2B3c2cccc3c2N4C2(C)CCCCC32C)c2ccc(C(C)(C)C)c3ccccc23)cc1. The summed E-state index contributed by atoms with van der Waals surface area (Å²) in [5.74, 6) is 0.